The molecular weight excluding hydrogens is 344 g/mol. The van der Waals surface area contributed by atoms with Crippen molar-refractivity contribution in [2.45, 2.75) is 5.92 Å². The number of ether oxygens (including phenoxy) is 1. The van der Waals surface area contributed by atoms with Crippen molar-refractivity contribution in [1.29, 1.82) is 0 Å². The monoisotopic (exact) mass is 361 g/mol. The zero-order chi connectivity index (χ0) is 18.8. The molecule has 0 unspecified atom stereocenters. The molecule has 3 rings (SSSR count). The van der Waals surface area contributed by atoms with Crippen molar-refractivity contribution in [3.63, 3.8) is 0 Å². The lowest BCUT2D eigenvalue weighted by Crippen LogP contribution is -2.30. The zero-order valence-electron chi connectivity index (χ0n) is 14.0. The highest BCUT2D eigenvalue weighted by atomic mass is 19.1. The minimum atomic E-state index is -1.05. The molecule has 2 aromatic carbocycles. The highest BCUT2D eigenvalue weighted by Gasteiger charge is 2.41. The number of halogens is 2. The smallest absolute Gasteiger partial charge is 0.308 e. The highest BCUT2D eigenvalue weighted by molar-refractivity contribution is 5.95. The molecule has 136 valence electrons. The summed E-state index contributed by atoms with van der Waals surface area (Å²) in [6.07, 6.45) is 0. The van der Waals surface area contributed by atoms with Gasteiger partial charge in [0.15, 0.2) is 0 Å². The van der Waals surface area contributed by atoms with Crippen LogP contribution in [0.3, 0.4) is 0 Å². The average Bonchev–Trinajstić information content (AvgIpc) is 3.09. The van der Waals surface area contributed by atoms with Crippen LogP contribution in [-0.2, 0) is 4.79 Å². The third-order valence-electron chi connectivity index (χ3n) is 4.61. The number of hydrogen-bond donors (Lipinski definition) is 1. The number of aliphatic carboxylic acids is 1. The van der Waals surface area contributed by atoms with Crippen molar-refractivity contribution in [3.05, 3.63) is 65.2 Å². The minimum Gasteiger partial charge on any atom is -0.497 e. The number of carbonyl (C=O) groups excluding carboxylic acids is 1. The molecular formula is C19H17F2NO4. The summed E-state index contributed by atoms with van der Waals surface area (Å²) in [6.45, 7) is 0.0188. The Morgan fingerprint density at radius 2 is 1.92 bits per heavy atom. The van der Waals surface area contributed by atoms with E-state index in [0.29, 0.717) is 11.3 Å². The lowest BCUT2D eigenvalue weighted by Gasteiger charge is -2.17. The fourth-order valence-electron chi connectivity index (χ4n) is 3.26. The molecule has 1 fully saturated rings. The van der Waals surface area contributed by atoms with E-state index in [0.717, 1.165) is 18.2 Å². The predicted octanol–water partition coefficient (Wildman–Crippen LogP) is 2.91. The van der Waals surface area contributed by atoms with E-state index in [2.05, 4.69) is 0 Å². The van der Waals surface area contributed by atoms with E-state index in [1.807, 2.05) is 0 Å². The summed E-state index contributed by atoms with van der Waals surface area (Å²) >= 11 is 0. The molecule has 1 aliphatic heterocycles. The largest absolute Gasteiger partial charge is 0.497 e. The number of carboxylic acids is 1. The Bertz CT molecular complexity index is 855. The van der Waals surface area contributed by atoms with Crippen molar-refractivity contribution < 1.29 is 28.2 Å². The zero-order valence-corrected chi connectivity index (χ0v) is 14.0. The van der Waals surface area contributed by atoms with E-state index in [-0.39, 0.29) is 13.1 Å². The van der Waals surface area contributed by atoms with E-state index in [1.165, 1.54) is 12.0 Å². The molecule has 2 aromatic rings. The highest BCUT2D eigenvalue weighted by Crippen LogP contribution is 2.35. The maximum absolute atomic E-state index is 13.9. The Balaban J connectivity index is 1.90. The van der Waals surface area contributed by atoms with Crippen LogP contribution >= 0.6 is 0 Å². The van der Waals surface area contributed by atoms with Crippen molar-refractivity contribution in [2.24, 2.45) is 5.92 Å². The SMILES string of the molecule is COc1cccc([C@@H]2CN(C(=O)c3cc(F)ccc3F)C[C@H]2C(=O)O)c1. The number of likely N-dealkylation sites (tertiary alicyclic amines) is 1. The third-order valence-corrected chi connectivity index (χ3v) is 4.61. The maximum atomic E-state index is 13.9. The molecule has 0 bridgehead atoms. The lowest BCUT2D eigenvalue weighted by atomic mass is 9.89. The van der Waals surface area contributed by atoms with Gasteiger partial charge < -0.3 is 14.7 Å². The van der Waals surface area contributed by atoms with Gasteiger partial charge in [-0.1, -0.05) is 12.1 Å². The van der Waals surface area contributed by atoms with E-state index in [4.69, 9.17) is 4.74 Å². The van der Waals surface area contributed by atoms with E-state index < -0.39 is 40.9 Å². The lowest BCUT2D eigenvalue weighted by molar-refractivity contribution is -0.141. The van der Waals surface area contributed by atoms with Crippen LogP contribution < -0.4 is 4.74 Å². The second kappa shape index (κ2) is 7.11. The van der Waals surface area contributed by atoms with Gasteiger partial charge in [-0.15, -0.1) is 0 Å². The summed E-state index contributed by atoms with van der Waals surface area (Å²) in [5.74, 6) is -4.08. The van der Waals surface area contributed by atoms with E-state index in [9.17, 15) is 23.5 Å². The summed E-state index contributed by atoms with van der Waals surface area (Å²) in [6, 6.07) is 9.59. The van der Waals surface area contributed by atoms with Gasteiger partial charge >= 0.3 is 5.97 Å². The van der Waals surface area contributed by atoms with Crippen LogP contribution in [0.5, 0.6) is 5.75 Å². The Hall–Kier alpha value is -2.96. The molecule has 1 heterocycles. The van der Waals surface area contributed by atoms with Crippen LogP contribution in [0.25, 0.3) is 0 Å². The quantitative estimate of drug-likeness (QED) is 0.909. The molecule has 26 heavy (non-hydrogen) atoms. The summed E-state index contributed by atoms with van der Waals surface area (Å²) < 4.78 is 32.4. The van der Waals surface area contributed by atoms with Gasteiger partial charge in [0.2, 0.25) is 0 Å². The van der Waals surface area contributed by atoms with Crippen LogP contribution in [0.4, 0.5) is 8.78 Å². The molecule has 1 amide bonds. The number of rotatable bonds is 4. The number of amides is 1. The van der Waals surface area contributed by atoms with Gasteiger partial charge in [-0.2, -0.15) is 0 Å². The summed E-state index contributed by atoms with van der Waals surface area (Å²) in [5.41, 5.74) is 0.312. The molecule has 0 saturated carbocycles. The van der Waals surface area contributed by atoms with Crippen molar-refractivity contribution in [2.75, 3.05) is 20.2 Å². The van der Waals surface area contributed by atoms with Gasteiger partial charge in [0.05, 0.1) is 18.6 Å². The summed E-state index contributed by atoms with van der Waals surface area (Å²) in [5, 5.41) is 9.54. The van der Waals surface area contributed by atoms with Gasteiger partial charge in [0.25, 0.3) is 5.91 Å². The number of nitrogens with zero attached hydrogens (tertiary/aromatic N) is 1. The molecule has 7 heteroatoms. The molecule has 1 aliphatic rings. The third kappa shape index (κ3) is 3.37. The Kier molecular flexibility index (Phi) is 4.88. The first kappa shape index (κ1) is 17.8. The Labute approximate surface area is 148 Å². The van der Waals surface area contributed by atoms with Gasteiger partial charge in [0, 0.05) is 19.0 Å². The molecule has 1 saturated heterocycles. The molecule has 2 atom stereocenters. The van der Waals surface area contributed by atoms with E-state index >= 15 is 0 Å². The van der Waals surface area contributed by atoms with Crippen LogP contribution in [0, 0.1) is 17.6 Å². The normalized spacial score (nSPS) is 19.4. The number of carbonyl (C=O) groups is 2. The molecule has 0 aromatic heterocycles. The summed E-state index contributed by atoms with van der Waals surface area (Å²) in [7, 11) is 1.50. The number of methoxy groups -OCH3 is 1. The van der Waals surface area contributed by atoms with Gasteiger partial charge in [-0.3, -0.25) is 9.59 Å². The number of benzene rings is 2. The average molecular weight is 361 g/mol. The van der Waals surface area contributed by atoms with Crippen LogP contribution in [-0.4, -0.2) is 42.1 Å². The van der Waals surface area contributed by atoms with Crippen molar-refractivity contribution in [3.8, 4) is 5.75 Å². The molecule has 0 aliphatic carbocycles. The second-order valence-corrected chi connectivity index (χ2v) is 6.16. The Morgan fingerprint density at radius 3 is 2.62 bits per heavy atom. The van der Waals surface area contributed by atoms with E-state index in [1.54, 1.807) is 24.3 Å². The topological polar surface area (TPSA) is 66.8 Å². The minimum absolute atomic E-state index is 0.0774. The first-order valence-electron chi connectivity index (χ1n) is 8.01. The second-order valence-electron chi connectivity index (χ2n) is 6.16. The number of hydrogen-bond acceptors (Lipinski definition) is 3. The van der Waals surface area contributed by atoms with Crippen LogP contribution in [0.15, 0.2) is 42.5 Å². The first-order valence-corrected chi connectivity index (χ1v) is 8.01. The Morgan fingerprint density at radius 1 is 1.15 bits per heavy atom. The molecule has 0 radical (unpaired) electrons. The van der Waals surface area contributed by atoms with Crippen molar-refractivity contribution >= 4 is 11.9 Å². The summed E-state index contributed by atoms with van der Waals surface area (Å²) in [4.78, 5) is 25.5. The molecule has 5 nitrogen and oxygen atoms in total. The van der Waals surface area contributed by atoms with Crippen LogP contribution in [0.1, 0.15) is 21.8 Å². The van der Waals surface area contributed by atoms with Gasteiger partial charge in [-0.05, 0) is 35.9 Å². The fraction of sp³-hybridized carbons (Fsp3) is 0.263. The fourth-order valence-corrected chi connectivity index (χ4v) is 3.26. The van der Waals surface area contributed by atoms with Gasteiger partial charge in [-0.25, -0.2) is 8.78 Å². The standard InChI is InChI=1S/C19H17F2NO4/c1-26-13-4-2-3-11(7-13)15-9-22(10-16(15)19(24)25)18(23)14-8-12(20)5-6-17(14)21/h2-8,15-16H,9-10H2,1H3,(H,24,25)/t15-,16+/m0/s1. The van der Waals surface area contributed by atoms with Gasteiger partial charge in [0.1, 0.15) is 17.4 Å². The first-order chi connectivity index (χ1) is 12.4. The van der Waals surface area contributed by atoms with Crippen molar-refractivity contribution in [1.82, 2.24) is 4.90 Å². The predicted molar refractivity (Wildman–Crippen MR) is 89.1 cm³/mol. The maximum Gasteiger partial charge on any atom is 0.308 e. The molecule has 0 spiro atoms. The number of carboxylic acid groups (broad SMARTS) is 1. The molecule has 1 N–H and O–H groups in total. The van der Waals surface area contributed by atoms with Crippen LogP contribution in [0.2, 0.25) is 0 Å².